The number of carbonyl (C=O) groups is 2. The van der Waals surface area contributed by atoms with Crippen LogP contribution in [0.25, 0.3) is 33.4 Å². The van der Waals surface area contributed by atoms with Crippen LogP contribution in [0.4, 0.5) is 9.59 Å². The van der Waals surface area contributed by atoms with E-state index in [9.17, 15) is 9.59 Å². The van der Waals surface area contributed by atoms with Crippen molar-refractivity contribution in [2.24, 2.45) is 0 Å². The summed E-state index contributed by atoms with van der Waals surface area (Å²) in [4.78, 5) is 78.2. The van der Waals surface area contributed by atoms with Crippen LogP contribution in [0.15, 0.2) is 153 Å². The molecule has 0 spiro atoms. The van der Waals surface area contributed by atoms with E-state index in [0.717, 1.165) is 88.5 Å². The number of halogens is 1. The lowest BCUT2D eigenvalue weighted by atomic mass is 9.83. The molecule has 12 atom stereocenters. The van der Waals surface area contributed by atoms with Gasteiger partial charge in [0.1, 0.15) is 36.5 Å². The van der Waals surface area contributed by atoms with Gasteiger partial charge in [0.15, 0.2) is 0 Å². The van der Waals surface area contributed by atoms with Gasteiger partial charge in [-0.3, -0.25) is 19.9 Å². The maximum atomic E-state index is 12.7. The second kappa shape index (κ2) is 43.4. The Kier molecular flexibility index (Phi) is 36.1. The maximum absolute atomic E-state index is 12.7. The molecule has 0 aliphatic carbocycles. The summed E-state index contributed by atoms with van der Waals surface area (Å²) < 4.78 is 12.2. The van der Waals surface area contributed by atoms with Gasteiger partial charge < -0.3 is 67.0 Å². The van der Waals surface area contributed by atoms with E-state index in [1.807, 2.05) is 133 Å². The number of pyridine rings is 4. The van der Waals surface area contributed by atoms with Crippen molar-refractivity contribution in [1.82, 2.24) is 80.2 Å². The smallest absolute Gasteiger partial charge is 0.444 e. The standard InChI is InChI=1S/C20H24N4O2.C16H21BrN2O2.2C15H16N4.C4H5BN2O2.C4H6.C3H8.C2H6O.4H2O/c1-20(2,3)26-19(25)24-16-4-5-18(24)17(7-16)14-6-13(8-21-9-14)15-10-22-12-23-11-15;1-16(2,3)21-15(20)19-12-4-5-14(19)13(7-12)10-6-11(17)9-18-8-10;2*1-2-15-14(4-13(1)19-15)11-3-10(5-16-6-11)12-7-17-9-18-8-12;8-5(9)4-1-6-3-7-2-4;1-3-4-2;1-3-2;1-2-3;;;;/h6,8-12,16-18H,4-5,7H2,1-3H3;6,8-9,12-14H,4-5,7H2,1-3H3;2*3,5-9,13-15,19H,1-2,4H2;1-3,8-9H;1-2H3;3H2,1-2H3;3H,2H2,1H3;4*1H2. The number of ether oxygens (including phenoxy) is 2. The van der Waals surface area contributed by atoms with Gasteiger partial charge in [0.2, 0.25) is 0 Å². The van der Waals surface area contributed by atoms with Crippen LogP contribution < -0.4 is 16.1 Å². The van der Waals surface area contributed by atoms with E-state index in [4.69, 9.17) is 24.6 Å². The van der Waals surface area contributed by atoms with Gasteiger partial charge in [0, 0.05) is 221 Å². The largest absolute Gasteiger partial charge is 0.491 e. The van der Waals surface area contributed by atoms with Crippen LogP contribution in [0.1, 0.15) is 206 Å². The van der Waals surface area contributed by atoms with Gasteiger partial charge in [-0.2, -0.15) is 0 Å². The SMILES string of the molecule is CC#CC.CC(C)(C)OC(=O)N1C2CCC1C(c1cncc(-c3cncnc3)c1)C2.CC(C)(C)OC(=O)N1C2CCC1C(c1cncc(Br)c1)C2.CCC.CCO.O.O.O.O.OB(O)c1cncnc1.c1ncc(-c2cncc(C3CC4CCC3N4)c2)cn1.c1ncc(-c2cncc(C3CC4CCC3N4)c2)cn1. The molecule has 582 valence electrons. The molecule has 29 heteroatoms. The number of aliphatic hydroxyl groups excluding tert-OH is 1. The average Bonchev–Trinajstić information content (AvgIpc) is 1.53. The van der Waals surface area contributed by atoms with Crippen molar-refractivity contribution in [3.05, 3.63) is 175 Å². The minimum Gasteiger partial charge on any atom is -0.444 e. The Morgan fingerprint density at radius 3 is 1.04 bits per heavy atom. The number of aromatic nitrogens is 12. The number of carbonyl (C=O) groups excluding carboxylic acids is 2. The highest BCUT2D eigenvalue weighted by molar-refractivity contribution is 9.10. The van der Waals surface area contributed by atoms with Crippen molar-refractivity contribution >= 4 is 40.7 Å². The Bertz CT molecular complexity index is 3930. The third kappa shape index (κ3) is 24.9. The van der Waals surface area contributed by atoms with Gasteiger partial charge in [-0.05, 0) is 202 Å². The minimum atomic E-state index is -1.47. The van der Waals surface area contributed by atoms with Gasteiger partial charge in [0.05, 0.1) is 0 Å². The Morgan fingerprint density at radius 2 is 0.759 bits per heavy atom. The van der Waals surface area contributed by atoms with Crippen molar-refractivity contribution in [1.29, 1.82) is 0 Å². The zero-order valence-corrected chi connectivity index (χ0v) is 65.5. The van der Waals surface area contributed by atoms with Crippen LogP contribution in [0.2, 0.25) is 0 Å². The molecule has 12 unspecified atom stereocenters. The fourth-order valence-corrected chi connectivity index (χ4v) is 15.5. The molecule has 16 heterocycles. The summed E-state index contributed by atoms with van der Waals surface area (Å²) in [5.41, 5.74) is 10.7. The van der Waals surface area contributed by atoms with Crippen LogP contribution in [0.3, 0.4) is 0 Å². The average molecular weight is 1550 g/mol. The van der Waals surface area contributed by atoms with E-state index < -0.39 is 18.3 Å². The first-order valence-electron chi connectivity index (χ1n) is 36.4. The molecule has 8 fully saturated rings. The quantitative estimate of drug-likeness (QED) is 0.0698. The summed E-state index contributed by atoms with van der Waals surface area (Å²) >= 11 is 3.48. The van der Waals surface area contributed by atoms with Crippen LogP contribution in [0, 0.1) is 11.8 Å². The van der Waals surface area contributed by atoms with Crippen LogP contribution >= 0.6 is 15.9 Å². The molecule has 16 rings (SSSR count). The number of nitrogens with one attached hydrogen (secondary N) is 2. The molecule has 2 amide bonds. The van der Waals surface area contributed by atoms with Gasteiger partial charge in [0.25, 0.3) is 0 Å². The Labute approximate surface area is 643 Å². The Balaban J connectivity index is 0.000000237. The lowest BCUT2D eigenvalue weighted by Gasteiger charge is -2.28. The zero-order valence-electron chi connectivity index (χ0n) is 63.9. The van der Waals surface area contributed by atoms with E-state index in [0.29, 0.717) is 47.3 Å². The van der Waals surface area contributed by atoms with Crippen LogP contribution in [0.5, 0.6) is 0 Å². The number of nitrogens with zero attached hydrogens (tertiary/aromatic N) is 14. The van der Waals surface area contributed by atoms with Crippen LogP contribution in [-0.4, -0.2) is 192 Å². The summed E-state index contributed by atoms with van der Waals surface area (Å²) in [6.07, 6.45) is 49.8. The predicted octanol–water partition coefficient (Wildman–Crippen LogP) is 9.49. The topological polar surface area (TPSA) is 425 Å². The highest BCUT2D eigenvalue weighted by Gasteiger charge is 2.52. The molecule has 8 aromatic rings. The van der Waals surface area contributed by atoms with E-state index in [2.05, 4.69) is 136 Å². The van der Waals surface area contributed by atoms with Crippen LogP contribution in [-0.2, 0) is 9.47 Å². The van der Waals surface area contributed by atoms with Crippen molar-refractivity contribution in [2.45, 2.75) is 243 Å². The van der Waals surface area contributed by atoms with Crippen molar-refractivity contribution < 1.29 is 56.1 Å². The minimum absolute atomic E-state index is 0. The molecule has 8 aromatic heterocycles. The molecule has 13 N–H and O–H groups in total. The molecule has 108 heavy (non-hydrogen) atoms. The lowest BCUT2D eigenvalue weighted by molar-refractivity contribution is 0.0201. The lowest BCUT2D eigenvalue weighted by Crippen LogP contribution is -2.40. The third-order valence-corrected chi connectivity index (χ3v) is 19.8. The summed E-state index contributed by atoms with van der Waals surface area (Å²) in [6, 6.07) is 12.5. The van der Waals surface area contributed by atoms with Crippen molar-refractivity contribution in [3.8, 4) is 45.2 Å². The summed E-state index contributed by atoms with van der Waals surface area (Å²) in [5, 5.41) is 31.9. The summed E-state index contributed by atoms with van der Waals surface area (Å²) in [6.45, 7) is 21.3. The molecule has 8 saturated heterocycles. The van der Waals surface area contributed by atoms with Gasteiger partial charge in [-0.25, -0.2) is 49.5 Å². The van der Waals surface area contributed by atoms with Gasteiger partial charge in [-0.1, -0.05) is 20.3 Å². The van der Waals surface area contributed by atoms with Crippen molar-refractivity contribution in [3.63, 3.8) is 0 Å². The van der Waals surface area contributed by atoms with E-state index >= 15 is 0 Å². The number of aliphatic hydroxyl groups is 1. The fraction of sp³-hybridized carbons (Fsp3) is 0.494. The number of fused-ring (bicyclic) bond motifs is 8. The molecule has 27 nitrogen and oxygen atoms in total. The highest BCUT2D eigenvalue weighted by atomic mass is 79.9. The van der Waals surface area contributed by atoms with E-state index in [-0.39, 0.29) is 58.8 Å². The van der Waals surface area contributed by atoms with E-state index in [1.165, 1.54) is 92.2 Å². The number of rotatable bonds is 8. The molecule has 8 bridgehead atoms. The predicted molar refractivity (Wildman–Crippen MR) is 421 cm³/mol. The third-order valence-electron chi connectivity index (χ3n) is 19.4. The molecule has 8 aliphatic rings. The van der Waals surface area contributed by atoms with Gasteiger partial charge in [-0.15, -0.1) is 11.8 Å². The molecular formula is C79H110BBrN16O11. The summed E-state index contributed by atoms with van der Waals surface area (Å²) in [5.74, 6) is 7.28. The fourth-order valence-electron chi connectivity index (χ4n) is 15.2. The number of hydrogen-bond acceptors (Lipinski definition) is 21. The Hall–Kier alpha value is -8.80. The number of amides is 2. The van der Waals surface area contributed by atoms with Crippen molar-refractivity contribution in [2.75, 3.05) is 6.61 Å². The second-order valence-corrected chi connectivity index (χ2v) is 30.2. The number of hydrogen-bond donors (Lipinski definition) is 5. The molecule has 0 saturated carbocycles. The maximum Gasteiger partial charge on any atom is 0.491 e. The molecule has 8 aliphatic heterocycles. The highest BCUT2D eigenvalue weighted by Crippen LogP contribution is 2.49. The zero-order chi connectivity index (χ0) is 74.3. The Morgan fingerprint density at radius 1 is 0.454 bits per heavy atom. The molecule has 0 aromatic carbocycles. The van der Waals surface area contributed by atoms with E-state index in [1.54, 1.807) is 38.2 Å². The summed E-state index contributed by atoms with van der Waals surface area (Å²) in [7, 11) is -1.47. The monoisotopic (exact) mass is 1550 g/mol. The molecular weight excluding hydrogens is 1440 g/mol. The first kappa shape index (κ1) is 89.8. The first-order valence-corrected chi connectivity index (χ1v) is 37.2. The normalized spacial score (nSPS) is 22.7. The second-order valence-electron chi connectivity index (χ2n) is 29.2. The van der Waals surface area contributed by atoms with Gasteiger partial charge >= 0.3 is 19.3 Å². The first-order chi connectivity index (χ1) is 50.1. The molecule has 0 radical (unpaired) electrons.